The Bertz CT molecular complexity index is 1770. The van der Waals surface area contributed by atoms with Crippen LogP contribution in [0.2, 0.25) is 0 Å². The summed E-state index contributed by atoms with van der Waals surface area (Å²) in [5, 5.41) is 11.0. The number of halogens is 4. The number of aliphatic hydroxyl groups is 1. The maximum absolute atomic E-state index is 14.3. The van der Waals surface area contributed by atoms with Crippen LogP contribution in [0.1, 0.15) is 28.7 Å². The van der Waals surface area contributed by atoms with Crippen molar-refractivity contribution in [3.63, 3.8) is 0 Å². The van der Waals surface area contributed by atoms with Crippen LogP contribution >= 0.6 is 0 Å². The lowest BCUT2D eigenvalue weighted by atomic mass is 9.84. The summed E-state index contributed by atoms with van der Waals surface area (Å²) >= 11 is 0. The number of imide groups is 1. The first-order chi connectivity index (χ1) is 20.8. The molecule has 1 unspecified atom stereocenters. The van der Waals surface area contributed by atoms with Gasteiger partial charge in [-0.25, -0.2) is 22.5 Å². The molecular weight excluding hydrogens is 602 g/mol. The van der Waals surface area contributed by atoms with Crippen LogP contribution in [0.25, 0.3) is 0 Å². The van der Waals surface area contributed by atoms with Crippen molar-refractivity contribution in [2.75, 3.05) is 6.54 Å². The Morgan fingerprint density at radius 1 is 0.841 bits per heavy atom. The van der Waals surface area contributed by atoms with Crippen LogP contribution in [-0.4, -0.2) is 43.1 Å². The molecule has 0 bridgehead atoms. The second-order valence-electron chi connectivity index (χ2n) is 10.2. The molecule has 1 heterocycles. The van der Waals surface area contributed by atoms with Gasteiger partial charge in [0.2, 0.25) is 5.60 Å². The molecule has 0 saturated carbocycles. The van der Waals surface area contributed by atoms with Crippen LogP contribution < -0.4 is 0 Å². The fourth-order valence-electron chi connectivity index (χ4n) is 5.31. The third kappa shape index (κ3) is 5.13. The van der Waals surface area contributed by atoms with Gasteiger partial charge in [0.05, 0.1) is 4.90 Å². The molecule has 4 aromatic rings. The SMILES string of the molecule is O=C(OCc1ccccc1)N1CC[C@](c2ccc(C(O)(c3ccccc3)C(F)(F)F)cc2)(S(=O)(=O)c2ccc(F)cc2)C1=O. The number of carbonyl (C=O) groups excluding carboxylic acids is 2. The van der Waals surface area contributed by atoms with Crippen molar-refractivity contribution in [1.82, 2.24) is 4.90 Å². The third-order valence-corrected chi connectivity index (χ3v) is 10.1. The molecule has 0 spiro atoms. The number of hydrogen-bond acceptors (Lipinski definition) is 6. The van der Waals surface area contributed by atoms with E-state index >= 15 is 0 Å². The Labute approximate surface area is 250 Å². The summed E-state index contributed by atoms with van der Waals surface area (Å²) in [5.74, 6) is -1.92. The number of nitrogens with zero attached hydrogens (tertiary/aromatic N) is 1. The van der Waals surface area contributed by atoms with Crippen molar-refractivity contribution < 1.29 is 45.4 Å². The largest absolute Gasteiger partial charge is 0.444 e. The molecule has 12 heteroatoms. The summed E-state index contributed by atoms with van der Waals surface area (Å²) in [6.07, 6.45) is -6.74. The predicted molar refractivity (Wildman–Crippen MR) is 150 cm³/mol. The fraction of sp³-hybridized carbons (Fsp3) is 0.188. The van der Waals surface area contributed by atoms with Crippen LogP contribution in [0.4, 0.5) is 22.4 Å². The van der Waals surface area contributed by atoms with E-state index in [1.165, 1.54) is 18.2 Å². The number of ether oxygens (including phenoxy) is 1. The van der Waals surface area contributed by atoms with E-state index < -0.39 is 66.6 Å². The maximum Gasteiger partial charge on any atom is 0.425 e. The quantitative estimate of drug-likeness (QED) is 0.204. The normalized spacial score (nSPS) is 18.6. The first kappa shape index (κ1) is 30.9. The third-order valence-electron chi connectivity index (χ3n) is 7.66. The molecule has 5 rings (SSSR count). The molecule has 0 radical (unpaired) electrons. The van der Waals surface area contributed by atoms with Crippen molar-refractivity contribution >= 4 is 21.8 Å². The van der Waals surface area contributed by atoms with E-state index in [1.54, 1.807) is 30.3 Å². The molecule has 0 aliphatic carbocycles. The lowest BCUT2D eigenvalue weighted by molar-refractivity contribution is -0.248. The van der Waals surface area contributed by atoms with E-state index in [2.05, 4.69) is 0 Å². The van der Waals surface area contributed by atoms with Crippen LogP contribution in [0, 0.1) is 5.82 Å². The Morgan fingerprint density at radius 2 is 1.39 bits per heavy atom. The van der Waals surface area contributed by atoms with E-state index in [-0.39, 0.29) is 18.7 Å². The molecule has 4 aromatic carbocycles. The summed E-state index contributed by atoms with van der Waals surface area (Å²) < 4.78 is 87.7. The highest BCUT2D eigenvalue weighted by atomic mass is 32.2. The highest BCUT2D eigenvalue weighted by Crippen LogP contribution is 2.47. The van der Waals surface area contributed by atoms with Gasteiger partial charge in [0.25, 0.3) is 5.91 Å². The van der Waals surface area contributed by atoms with Gasteiger partial charge in [-0.1, -0.05) is 84.9 Å². The van der Waals surface area contributed by atoms with E-state index in [1.807, 2.05) is 0 Å². The van der Waals surface area contributed by atoms with Crippen molar-refractivity contribution in [1.29, 1.82) is 0 Å². The highest BCUT2D eigenvalue weighted by molar-refractivity contribution is 7.93. The average molecular weight is 628 g/mol. The van der Waals surface area contributed by atoms with Gasteiger partial charge in [0.15, 0.2) is 14.6 Å². The van der Waals surface area contributed by atoms with Crippen LogP contribution in [0.3, 0.4) is 0 Å². The second-order valence-corrected chi connectivity index (χ2v) is 12.4. The minimum Gasteiger partial charge on any atom is -0.444 e. The number of carbonyl (C=O) groups is 2. The van der Waals surface area contributed by atoms with Gasteiger partial charge in [0, 0.05) is 6.54 Å². The second kappa shape index (κ2) is 11.5. The Balaban J connectivity index is 1.58. The zero-order valence-electron chi connectivity index (χ0n) is 22.9. The molecule has 0 aromatic heterocycles. The molecule has 2 atom stereocenters. The molecule has 1 saturated heterocycles. The Morgan fingerprint density at radius 3 is 1.95 bits per heavy atom. The number of amides is 2. The molecule has 1 N–H and O–H groups in total. The molecule has 44 heavy (non-hydrogen) atoms. The molecule has 1 aliphatic rings. The van der Waals surface area contributed by atoms with Gasteiger partial charge < -0.3 is 9.84 Å². The van der Waals surface area contributed by atoms with E-state index in [4.69, 9.17) is 4.74 Å². The van der Waals surface area contributed by atoms with Crippen molar-refractivity contribution in [3.05, 3.63) is 137 Å². The van der Waals surface area contributed by atoms with Crippen LogP contribution in [-0.2, 0) is 36.3 Å². The van der Waals surface area contributed by atoms with Gasteiger partial charge in [-0.2, -0.15) is 13.2 Å². The van der Waals surface area contributed by atoms with Crippen LogP contribution in [0.5, 0.6) is 0 Å². The summed E-state index contributed by atoms with van der Waals surface area (Å²) in [6.45, 7) is -0.587. The molecule has 1 aliphatic heterocycles. The smallest absolute Gasteiger partial charge is 0.425 e. The lowest BCUT2D eigenvalue weighted by Crippen LogP contribution is -2.46. The molecular formula is C32H25F4NO6S. The summed E-state index contributed by atoms with van der Waals surface area (Å²) in [5.41, 5.74) is -4.18. The summed E-state index contributed by atoms with van der Waals surface area (Å²) in [7, 11) is -4.73. The van der Waals surface area contributed by atoms with Crippen LogP contribution in [0.15, 0.2) is 114 Å². The lowest BCUT2D eigenvalue weighted by Gasteiger charge is -2.32. The molecule has 228 valence electrons. The van der Waals surface area contributed by atoms with E-state index in [9.17, 15) is 40.7 Å². The average Bonchev–Trinajstić information content (AvgIpc) is 3.38. The zero-order valence-corrected chi connectivity index (χ0v) is 23.7. The maximum atomic E-state index is 14.3. The van der Waals surface area contributed by atoms with E-state index in [0.29, 0.717) is 10.5 Å². The molecule has 1 fully saturated rings. The first-order valence-corrected chi connectivity index (χ1v) is 14.8. The van der Waals surface area contributed by atoms with Gasteiger partial charge in [0.1, 0.15) is 12.4 Å². The topological polar surface area (TPSA) is 101 Å². The van der Waals surface area contributed by atoms with Gasteiger partial charge in [-0.05, 0) is 52.9 Å². The number of alkyl halides is 3. The number of sulfone groups is 1. The van der Waals surface area contributed by atoms with Gasteiger partial charge >= 0.3 is 12.3 Å². The minimum atomic E-state index is -5.17. The Kier molecular flexibility index (Phi) is 8.08. The first-order valence-electron chi connectivity index (χ1n) is 13.3. The number of rotatable bonds is 7. The summed E-state index contributed by atoms with van der Waals surface area (Å²) in [6, 6.07) is 22.4. The van der Waals surface area contributed by atoms with Gasteiger partial charge in [-0.3, -0.25) is 4.79 Å². The van der Waals surface area contributed by atoms with E-state index in [0.717, 1.165) is 60.7 Å². The minimum absolute atomic E-state index is 0.203. The number of benzene rings is 4. The van der Waals surface area contributed by atoms with Crippen molar-refractivity contribution in [3.8, 4) is 0 Å². The molecule has 7 nitrogen and oxygen atoms in total. The monoisotopic (exact) mass is 627 g/mol. The van der Waals surface area contributed by atoms with Gasteiger partial charge in [-0.15, -0.1) is 0 Å². The fourth-order valence-corrected chi connectivity index (χ4v) is 7.35. The number of hydrogen-bond donors (Lipinski definition) is 1. The zero-order chi connectivity index (χ0) is 31.8. The summed E-state index contributed by atoms with van der Waals surface area (Å²) in [4.78, 5) is 27.2. The number of likely N-dealkylation sites (tertiary alicyclic amines) is 1. The van der Waals surface area contributed by atoms with Crippen molar-refractivity contribution in [2.45, 2.75) is 34.4 Å². The Hall–Kier alpha value is -4.55. The predicted octanol–water partition coefficient (Wildman–Crippen LogP) is 5.86. The standard InChI is InChI=1S/C32H25F4NO6S/c33-26-15-17-27(18-16-26)44(41,42)30(19-20-37(28(30)38)29(39)43-21-22-7-3-1-4-8-22)23-11-13-25(14-12-23)31(40,32(34,35)36)24-9-5-2-6-10-24/h1-18,40H,19-21H2/t30-,31?/m1/s1. The highest BCUT2D eigenvalue weighted by Gasteiger charge is 2.61. The van der Waals surface area contributed by atoms with Crippen molar-refractivity contribution in [2.24, 2.45) is 0 Å². The molecule has 2 amide bonds.